The van der Waals surface area contributed by atoms with Crippen molar-refractivity contribution in [3.63, 3.8) is 0 Å². The molecule has 1 heterocycles. The maximum absolute atomic E-state index is 9.03. The van der Waals surface area contributed by atoms with Crippen LogP contribution in [0.5, 0.6) is 0 Å². The Balaban J connectivity index is 1.99. The van der Waals surface area contributed by atoms with Gasteiger partial charge in [0.05, 0.1) is 6.61 Å². The number of rotatable bonds is 4. The molecule has 0 unspecified atom stereocenters. The second-order valence-corrected chi connectivity index (χ2v) is 3.84. The summed E-state index contributed by atoms with van der Waals surface area (Å²) in [7, 11) is 0. The summed E-state index contributed by atoms with van der Waals surface area (Å²) in [5, 5.41) is 9.03. The standard InChI is InChI=1S/C14H16NO/c16-12-14-7-4-9-15(11-14)10-8-13-5-2-1-3-6-13/h1-7,9,11,16H,8,10,12H2/q+1. The van der Waals surface area contributed by atoms with Gasteiger partial charge < -0.3 is 5.11 Å². The van der Waals surface area contributed by atoms with Gasteiger partial charge in [0.2, 0.25) is 0 Å². The van der Waals surface area contributed by atoms with Crippen LogP contribution >= 0.6 is 0 Å². The molecule has 0 amide bonds. The zero-order valence-electron chi connectivity index (χ0n) is 9.21. The third kappa shape index (κ3) is 2.91. The van der Waals surface area contributed by atoms with E-state index in [1.165, 1.54) is 5.56 Å². The van der Waals surface area contributed by atoms with Crippen LogP contribution in [0.2, 0.25) is 0 Å². The number of aromatic nitrogens is 1. The van der Waals surface area contributed by atoms with Gasteiger partial charge in [-0.3, -0.25) is 0 Å². The first-order valence-electron chi connectivity index (χ1n) is 5.51. The molecule has 2 nitrogen and oxygen atoms in total. The number of hydrogen-bond acceptors (Lipinski definition) is 1. The number of hydrogen-bond donors (Lipinski definition) is 1. The minimum absolute atomic E-state index is 0.103. The van der Waals surface area contributed by atoms with Crippen molar-refractivity contribution in [1.29, 1.82) is 0 Å². The van der Waals surface area contributed by atoms with Crippen LogP contribution in [-0.4, -0.2) is 5.11 Å². The first-order valence-corrected chi connectivity index (χ1v) is 5.51. The Bertz CT molecular complexity index is 439. The highest BCUT2D eigenvalue weighted by Gasteiger charge is 2.02. The minimum Gasteiger partial charge on any atom is -0.391 e. The summed E-state index contributed by atoms with van der Waals surface area (Å²) in [4.78, 5) is 0. The van der Waals surface area contributed by atoms with E-state index in [1.54, 1.807) is 0 Å². The van der Waals surface area contributed by atoms with E-state index in [1.807, 2.05) is 30.6 Å². The topological polar surface area (TPSA) is 24.1 Å². The average Bonchev–Trinajstić information content (AvgIpc) is 2.38. The van der Waals surface area contributed by atoms with Gasteiger partial charge in [0, 0.05) is 18.1 Å². The summed E-state index contributed by atoms with van der Waals surface area (Å²) in [5.41, 5.74) is 2.29. The quantitative estimate of drug-likeness (QED) is 0.770. The lowest BCUT2D eigenvalue weighted by atomic mass is 10.1. The zero-order chi connectivity index (χ0) is 11.2. The molecular weight excluding hydrogens is 198 g/mol. The van der Waals surface area contributed by atoms with Gasteiger partial charge in [-0.15, -0.1) is 0 Å². The van der Waals surface area contributed by atoms with E-state index in [0.717, 1.165) is 18.5 Å². The third-order valence-electron chi connectivity index (χ3n) is 2.60. The number of aryl methyl sites for hydroxylation is 2. The highest BCUT2D eigenvalue weighted by Crippen LogP contribution is 1.99. The third-order valence-corrected chi connectivity index (χ3v) is 2.60. The summed E-state index contributed by atoms with van der Waals surface area (Å²) >= 11 is 0. The van der Waals surface area contributed by atoms with Gasteiger partial charge in [0.25, 0.3) is 0 Å². The fourth-order valence-electron chi connectivity index (χ4n) is 1.71. The first-order chi connectivity index (χ1) is 7.88. The van der Waals surface area contributed by atoms with Gasteiger partial charge >= 0.3 is 0 Å². The molecule has 2 rings (SSSR count). The Morgan fingerprint density at radius 3 is 2.44 bits per heavy atom. The summed E-state index contributed by atoms with van der Waals surface area (Å²) in [6, 6.07) is 14.3. The maximum atomic E-state index is 9.03. The van der Waals surface area contributed by atoms with Gasteiger partial charge in [-0.1, -0.05) is 30.3 Å². The smallest absolute Gasteiger partial charge is 0.174 e. The van der Waals surface area contributed by atoms with E-state index in [4.69, 9.17) is 5.11 Å². The van der Waals surface area contributed by atoms with E-state index >= 15 is 0 Å². The molecular formula is C14H16NO+. The highest BCUT2D eigenvalue weighted by atomic mass is 16.3. The predicted molar refractivity (Wildman–Crippen MR) is 62.7 cm³/mol. The highest BCUT2D eigenvalue weighted by molar-refractivity contribution is 5.14. The van der Waals surface area contributed by atoms with Crippen molar-refractivity contribution < 1.29 is 9.67 Å². The number of pyridine rings is 1. The molecule has 0 saturated heterocycles. The van der Waals surface area contributed by atoms with E-state index in [0.29, 0.717) is 0 Å². The molecule has 1 aromatic heterocycles. The molecule has 0 bridgehead atoms. The van der Waals surface area contributed by atoms with Crippen LogP contribution in [0.15, 0.2) is 54.9 Å². The lowest BCUT2D eigenvalue weighted by Crippen LogP contribution is -2.34. The Labute approximate surface area is 95.8 Å². The number of nitrogens with zero attached hydrogens (tertiary/aromatic N) is 1. The molecule has 0 radical (unpaired) electrons. The van der Waals surface area contributed by atoms with E-state index in [-0.39, 0.29) is 6.61 Å². The molecule has 0 fully saturated rings. The minimum atomic E-state index is 0.103. The van der Waals surface area contributed by atoms with Crippen LogP contribution in [0.3, 0.4) is 0 Å². The number of aliphatic hydroxyl groups is 1. The van der Waals surface area contributed by atoms with E-state index < -0.39 is 0 Å². The predicted octanol–water partition coefficient (Wildman–Crippen LogP) is 1.71. The largest absolute Gasteiger partial charge is 0.391 e. The molecule has 0 aliphatic rings. The molecule has 2 aromatic rings. The summed E-state index contributed by atoms with van der Waals surface area (Å²) in [5.74, 6) is 0. The lowest BCUT2D eigenvalue weighted by Gasteiger charge is -1.99. The normalized spacial score (nSPS) is 10.3. The van der Waals surface area contributed by atoms with Gasteiger partial charge in [-0.05, 0) is 11.6 Å². The fourth-order valence-corrected chi connectivity index (χ4v) is 1.71. The van der Waals surface area contributed by atoms with Crippen molar-refractivity contribution in [2.24, 2.45) is 0 Å². The maximum Gasteiger partial charge on any atom is 0.174 e. The monoisotopic (exact) mass is 214 g/mol. The summed E-state index contributed by atoms with van der Waals surface area (Å²) in [6.07, 6.45) is 5.03. The van der Waals surface area contributed by atoms with E-state index in [2.05, 4.69) is 28.8 Å². The van der Waals surface area contributed by atoms with Crippen molar-refractivity contribution in [3.05, 3.63) is 66.0 Å². The van der Waals surface area contributed by atoms with Gasteiger partial charge in [0.1, 0.15) is 0 Å². The first kappa shape index (κ1) is 10.8. The molecule has 82 valence electrons. The Morgan fingerprint density at radius 1 is 0.938 bits per heavy atom. The van der Waals surface area contributed by atoms with Crippen molar-refractivity contribution in [2.45, 2.75) is 19.6 Å². The Morgan fingerprint density at radius 2 is 1.69 bits per heavy atom. The molecule has 0 saturated carbocycles. The molecule has 0 atom stereocenters. The fraction of sp³-hybridized carbons (Fsp3) is 0.214. The molecule has 1 N–H and O–H groups in total. The van der Waals surface area contributed by atoms with Crippen LogP contribution in [-0.2, 0) is 19.6 Å². The molecule has 16 heavy (non-hydrogen) atoms. The molecule has 0 spiro atoms. The Kier molecular flexibility index (Phi) is 3.67. The van der Waals surface area contributed by atoms with Crippen molar-refractivity contribution in [2.75, 3.05) is 0 Å². The van der Waals surface area contributed by atoms with Gasteiger partial charge in [0.15, 0.2) is 18.9 Å². The zero-order valence-corrected chi connectivity index (χ0v) is 9.21. The number of aliphatic hydroxyl groups excluding tert-OH is 1. The second kappa shape index (κ2) is 5.42. The van der Waals surface area contributed by atoms with Crippen LogP contribution in [0, 0.1) is 0 Å². The van der Waals surface area contributed by atoms with E-state index in [9.17, 15) is 0 Å². The molecule has 0 aliphatic heterocycles. The molecule has 2 heteroatoms. The number of benzene rings is 1. The van der Waals surface area contributed by atoms with Crippen LogP contribution in [0.4, 0.5) is 0 Å². The lowest BCUT2D eigenvalue weighted by molar-refractivity contribution is -0.697. The van der Waals surface area contributed by atoms with Crippen LogP contribution < -0.4 is 4.57 Å². The Hall–Kier alpha value is -1.67. The van der Waals surface area contributed by atoms with Crippen LogP contribution in [0.25, 0.3) is 0 Å². The van der Waals surface area contributed by atoms with Gasteiger partial charge in [-0.25, -0.2) is 4.57 Å². The van der Waals surface area contributed by atoms with Crippen molar-refractivity contribution >= 4 is 0 Å². The second-order valence-electron chi connectivity index (χ2n) is 3.84. The average molecular weight is 214 g/mol. The molecule has 0 aliphatic carbocycles. The molecule has 1 aromatic carbocycles. The van der Waals surface area contributed by atoms with Crippen molar-refractivity contribution in [3.8, 4) is 0 Å². The van der Waals surface area contributed by atoms with Gasteiger partial charge in [-0.2, -0.15) is 0 Å². The SMILES string of the molecule is OCc1ccc[n+](CCc2ccccc2)c1. The van der Waals surface area contributed by atoms with Crippen molar-refractivity contribution in [1.82, 2.24) is 0 Å². The summed E-state index contributed by atoms with van der Waals surface area (Å²) in [6.45, 7) is 1.05. The van der Waals surface area contributed by atoms with Crippen LogP contribution in [0.1, 0.15) is 11.1 Å². The summed E-state index contributed by atoms with van der Waals surface area (Å²) < 4.78 is 2.11.